The van der Waals surface area contributed by atoms with Gasteiger partial charge in [0, 0.05) is 12.5 Å². The molecule has 7 heteroatoms. The monoisotopic (exact) mass is 883 g/mol. The predicted molar refractivity (Wildman–Crippen MR) is 268 cm³/mol. The van der Waals surface area contributed by atoms with Crippen molar-refractivity contribution in [2.75, 3.05) is 32.8 Å². The number of ether oxygens (including phenoxy) is 2. The number of rotatable bonds is 46. The van der Waals surface area contributed by atoms with Crippen LogP contribution in [0.1, 0.15) is 252 Å². The van der Waals surface area contributed by atoms with Crippen molar-refractivity contribution in [1.82, 2.24) is 10.2 Å². The minimum absolute atomic E-state index is 0.00521. The average Bonchev–Trinajstić information content (AvgIpc) is 3.28. The molecular formula is C56H102N2O5. The Bertz CT molecular complexity index is 1080. The van der Waals surface area contributed by atoms with Gasteiger partial charge in [-0.25, -0.2) is 0 Å². The topological polar surface area (TPSA) is 84.9 Å². The van der Waals surface area contributed by atoms with Crippen molar-refractivity contribution < 1.29 is 23.9 Å². The second-order valence-electron chi connectivity index (χ2n) is 18.9. The number of hydrogen-bond acceptors (Lipinski definition) is 6. The van der Waals surface area contributed by atoms with Crippen LogP contribution in [0.25, 0.3) is 0 Å². The van der Waals surface area contributed by atoms with E-state index in [9.17, 15) is 14.4 Å². The molecule has 0 aromatic heterocycles. The maximum Gasteiger partial charge on any atom is 0.308 e. The molecule has 0 saturated carbocycles. The fraction of sp³-hybridized carbons (Fsp3) is 0.839. The first-order valence-corrected chi connectivity index (χ1v) is 27.3. The maximum atomic E-state index is 14.1. The molecule has 1 amide bonds. The predicted octanol–water partition coefficient (Wildman–Crippen LogP) is 15.3. The Morgan fingerprint density at radius 2 is 0.810 bits per heavy atom. The smallest absolute Gasteiger partial charge is 0.308 e. The summed E-state index contributed by atoms with van der Waals surface area (Å²) in [5.74, 6) is -0.405. The Balaban J connectivity index is 2.98. The molecule has 63 heavy (non-hydrogen) atoms. The first-order valence-electron chi connectivity index (χ1n) is 27.3. The highest BCUT2D eigenvalue weighted by atomic mass is 16.5. The highest BCUT2D eigenvalue weighted by Gasteiger charge is 2.24. The second kappa shape index (κ2) is 43.5. The van der Waals surface area contributed by atoms with E-state index in [1.165, 1.54) is 160 Å². The summed E-state index contributed by atoms with van der Waals surface area (Å²) >= 11 is 0. The minimum atomic E-state index is -0.112. The summed E-state index contributed by atoms with van der Waals surface area (Å²) in [4.78, 5) is 43.3. The van der Waals surface area contributed by atoms with Crippen molar-refractivity contribution in [2.24, 2.45) is 11.8 Å². The molecule has 0 aliphatic heterocycles. The van der Waals surface area contributed by atoms with Gasteiger partial charge in [0.2, 0.25) is 5.91 Å². The van der Waals surface area contributed by atoms with Gasteiger partial charge in [-0.3, -0.25) is 14.4 Å². The normalized spacial score (nSPS) is 12.0. The van der Waals surface area contributed by atoms with Crippen LogP contribution in [0.2, 0.25) is 0 Å². The summed E-state index contributed by atoms with van der Waals surface area (Å²) in [6.07, 6.45) is 39.0. The summed E-state index contributed by atoms with van der Waals surface area (Å²) in [5, 5.41) is 3.53. The molecule has 1 aromatic carbocycles. The molecule has 1 aromatic rings. The van der Waals surface area contributed by atoms with Gasteiger partial charge < -0.3 is 19.7 Å². The number of amides is 1. The van der Waals surface area contributed by atoms with Crippen molar-refractivity contribution >= 4 is 17.8 Å². The second-order valence-corrected chi connectivity index (χ2v) is 18.9. The lowest BCUT2D eigenvalue weighted by Crippen LogP contribution is -2.42. The highest BCUT2D eigenvalue weighted by molar-refractivity contribution is 5.77. The van der Waals surface area contributed by atoms with Gasteiger partial charge in [-0.15, -0.1) is 0 Å². The molecule has 1 rings (SSSR count). The van der Waals surface area contributed by atoms with Crippen molar-refractivity contribution in [3.8, 4) is 0 Å². The van der Waals surface area contributed by atoms with E-state index < -0.39 is 0 Å². The lowest BCUT2D eigenvalue weighted by atomic mass is 9.94. The zero-order chi connectivity index (χ0) is 45.9. The minimum Gasteiger partial charge on any atom is -0.464 e. The molecule has 0 aliphatic rings. The number of likely N-dealkylation sites (N-methyl/N-ethyl adjacent to an activating group) is 1. The van der Waals surface area contributed by atoms with Gasteiger partial charge in [-0.1, -0.05) is 245 Å². The van der Waals surface area contributed by atoms with E-state index in [1.54, 1.807) is 4.90 Å². The van der Waals surface area contributed by atoms with E-state index in [2.05, 4.69) is 52.1 Å². The van der Waals surface area contributed by atoms with E-state index >= 15 is 0 Å². The van der Waals surface area contributed by atoms with Gasteiger partial charge in [0.1, 0.15) is 13.2 Å². The molecule has 1 N–H and O–H groups in total. The third kappa shape index (κ3) is 33.7. The number of benzene rings is 1. The highest BCUT2D eigenvalue weighted by Crippen LogP contribution is 2.23. The molecule has 7 nitrogen and oxygen atoms in total. The molecule has 0 bridgehead atoms. The molecule has 1 unspecified atom stereocenters. The number of nitrogens with one attached hydrogen (secondary N) is 1. The van der Waals surface area contributed by atoms with Crippen LogP contribution in [0.3, 0.4) is 0 Å². The summed E-state index contributed by atoms with van der Waals surface area (Å²) in [6, 6.07) is 10.3. The van der Waals surface area contributed by atoms with Crippen LogP contribution in [0.5, 0.6) is 0 Å². The third-order valence-electron chi connectivity index (χ3n) is 13.1. The quantitative estimate of drug-likeness (QED) is 0.0519. The lowest BCUT2D eigenvalue weighted by Gasteiger charge is -2.26. The van der Waals surface area contributed by atoms with Crippen LogP contribution in [0.4, 0.5) is 0 Å². The van der Waals surface area contributed by atoms with Gasteiger partial charge in [0.05, 0.1) is 24.9 Å². The Kier molecular flexibility index (Phi) is 40.4. The Hall–Kier alpha value is -2.41. The van der Waals surface area contributed by atoms with Crippen LogP contribution < -0.4 is 5.32 Å². The molecular weight excluding hydrogens is 781 g/mol. The fourth-order valence-electron chi connectivity index (χ4n) is 9.00. The average molecular weight is 883 g/mol. The van der Waals surface area contributed by atoms with E-state index in [-0.39, 0.29) is 48.9 Å². The molecule has 366 valence electrons. The standard InChI is InChI=1S/C56H102N2O5/c1-6-11-15-19-23-27-34-40-51(41-35-28-24-20-16-12-7-2)55(60)62-46-44-58(54(59)49-53(57-10-5)48-50-38-32-31-33-39-50)45-47-63-56(61)52(42-36-29-25-21-17-13-8-3)43-37-30-26-22-18-14-9-4/h31-33,38-39,51-53,57H,6-30,34-37,40-49H2,1-5H3. The molecule has 0 fully saturated rings. The fourth-order valence-corrected chi connectivity index (χ4v) is 9.00. The van der Waals surface area contributed by atoms with E-state index in [4.69, 9.17) is 9.47 Å². The number of esters is 2. The largest absolute Gasteiger partial charge is 0.464 e. The van der Waals surface area contributed by atoms with Crippen LogP contribution >= 0.6 is 0 Å². The maximum absolute atomic E-state index is 14.1. The number of carbonyl (C=O) groups is 3. The zero-order valence-electron chi connectivity index (χ0n) is 42.2. The van der Waals surface area contributed by atoms with Crippen molar-refractivity contribution in [2.45, 2.75) is 259 Å². The Morgan fingerprint density at radius 1 is 0.476 bits per heavy atom. The molecule has 0 aliphatic carbocycles. The van der Waals surface area contributed by atoms with Crippen molar-refractivity contribution in [1.29, 1.82) is 0 Å². The zero-order valence-corrected chi connectivity index (χ0v) is 42.2. The van der Waals surface area contributed by atoms with E-state index in [0.717, 1.165) is 64.3 Å². The van der Waals surface area contributed by atoms with Crippen LogP contribution in [-0.4, -0.2) is 61.6 Å². The van der Waals surface area contributed by atoms with Gasteiger partial charge in [-0.2, -0.15) is 0 Å². The van der Waals surface area contributed by atoms with E-state index in [1.807, 2.05) is 18.2 Å². The van der Waals surface area contributed by atoms with Crippen molar-refractivity contribution in [3.05, 3.63) is 35.9 Å². The third-order valence-corrected chi connectivity index (χ3v) is 13.1. The number of nitrogens with zero attached hydrogens (tertiary/aromatic N) is 1. The molecule has 1 atom stereocenters. The number of unbranched alkanes of at least 4 members (excludes halogenated alkanes) is 24. The van der Waals surface area contributed by atoms with Gasteiger partial charge >= 0.3 is 11.9 Å². The molecule has 0 saturated heterocycles. The molecule has 0 heterocycles. The first kappa shape index (κ1) is 58.6. The van der Waals surface area contributed by atoms with Gasteiger partial charge in [0.15, 0.2) is 0 Å². The van der Waals surface area contributed by atoms with Crippen LogP contribution in [0.15, 0.2) is 30.3 Å². The summed E-state index contributed by atoms with van der Waals surface area (Å²) in [7, 11) is 0. The first-order chi connectivity index (χ1) is 30.9. The SMILES string of the molecule is CCCCCCCCCC(CCCCCCCCC)C(=O)OCCN(CCOC(=O)C(CCCCCCCCC)CCCCCCCCC)C(=O)CC(Cc1ccccc1)NCC. The molecule has 0 spiro atoms. The Morgan fingerprint density at radius 3 is 1.14 bits per heavy atom. The van der Waals surface area contributed by atoms with Crippen LogP contribution in [-0.2, 0) is 30.3 Å². The number of hydrogen-bond donors (Lipinski definition) is 1. The lowest BCUT2D eigenvalue weighted by molar-refractivity contribution is -0.152. The van der Waals surface area contributed by atoms with Crippen molar-refractivity contribution in [3.63, 3.8) is 0 Å². The summed E-state index contributed by atoms with van der Waals surface area (Å²) < 4.78 is 12.1. The van der Waals surface area contributed by atoms with Crippen LogP contribution in [0, 0.1) is 11.8 Å². The van der Waals surface area contributed by atoms with Gasteiger partial charge in [0.25, 0.3) is 0 Å². The number of carbonyl (C=O) groups excluding carboxylic acids is 3. The Labute approximate surface area is 390 Å². The van der Waals surface area contributed by atoms with Gasteiger partial charge in [-0.05, 0) is 44.2 Å². The summed E-state index contributed by atoms with van der Waals surface area (Å²) in [6.45, 7) is 12.8. The molecule has 0 radical (unpaired) electrons. The van der Waals surface area contributed by atoms with E-state index in [0.29, 0.717) is 19.5 Å². The summed E-state index contributed by atoms with van der Waals surface area (Å²) in [5.41, 5.74) is 1.19.